The zero-order valence-electron chi connectivity index (χ0n) is 11.6. The van der Waals surface area contributed by atoms with Crippen molar-refractivity contribution in [1.82, 2.24) is 0 Å². The van der Waals surface area contributed by atoms with Crippen LogP contribution < -0.4 is 5.32 Å². The van der Waals surface area contributed by atoms with Crippen molar-refractivity contribution in [3.63, 3.8) is 0 Å². The van der Waals surface area contributed by atoms with Crippen molar-refractivity contribution in [2.75, 3.05) is 5.32 Å². The van der Waals surface area contributed by atoms with E-state index in [0.717, 1.165) is 6.07 Å². The van der Waals surface area contributed by atoms with Crippen LogP contribution in [0.3, 0.4) is 0 Å². The van der Waals surface area contributed by atoms with Crippen LogP contribution in [0.15, 0.2) is 30.3 Å². The Balaban J connectivity index is 2.51. The third-order valence-electron chi connectivity index (χ3n) is 3.10. The van der Waals surface area contributed by atoms with Crippen LogP contribution in [0.25, 0.3) is 0 Å². The molecule has 0 saturated carbocycles. The van der Waals surface area contributed by atoms with E-state index in [0.29, 0.717) is 5.56 Å². The molecule has 0 unspecified atom stereocenters. The molecule has 0 aliphatic heterocycles. The molecule has 0 aliphatic carbocycles. The van der Waals surface area contributed by atoms with Gasteiger partial charge in [-0.15, -0.1) is 0 Å². The summed E-state index contributed by atoms with van der Waals surface area (Å²) in [5.41, 5.74) is 0.332. The van der Waals surface area contributed by atoms with Gasteiger partial charge in [0.25, 0.3) is 0 Å². The molecule has 0 saturated heterocycles. The molecule has 2 aromatic rings. The number of benzene rings is 2. The zero-order chi connectivity index (χ0) is 15.6. The largest absolute Gasteiger partial charge is 0.350 e. The molecular formula is C16H14F3NO. The highest BCUT2D eigenvalue weighted by Crippen LogP contribution is 2.28. The maximum Gasteiger partial charge on any atom is 0.182 e. The third kappa shape index (κ3) is 3.07. The Labute approximate surface area is 120 Å². The van der Waals surface area contributed by atoms with E-state index >= 15 is 0 Å². The van der Waals surface area contributed by atoms with Gasteiger partial charge in [-0.25, -0.2) is 13.2 Å². The summed E-state index contributed by atoms with van der Waals surface area (Å²) in [4.78, 5) is 11.8. The van der Waals surface area contributed by atoms with Crippen LogP contribution in [0.4, 0.5) is 24.5 Å². The first kappa shape index (κ1) is 15.1. The number of carbonyl (C=O) groups excluding carboxylic acids is 1. The molecular weight excluding hydrogens is 279 g/mol. The Morgan fingerprint density at radius 3 is 2.43 bits per heavy atom. The van der Waals surface area contributed by atoms with Gasteiger partial charge in [-0.3, -0.25) is 4.79 Å². The SMILES string of the molecule is CCC(=O)c1ccc(F)c(F)c1Nc1ccc(C)cc1F. The Morgan fingerprint density at radius 2 is 1.81 bits per heavy atom. The van der Waals surface area contributed by atoms with Gasteiger partial charge in [-0.05, 0) is 36.8 Å². The lowest BCUT2D eigenvalue weighted by Crippen LogP contribution is -2.07. The van der Waals surface area contributed by atoms with Crippen molar-refractivity contribution in [2.24, 2.45) is 0 Å². The molecule has 2 rings (SSSR count). The van der Waals surface area contributed by atoms with Crippen molar-refractivity contribution in [1.29, 1.82) is 0 Å². The van der Waals surface area contributed by atoms with Gasteiger partial charge in [0.1, 0.15) is 5.82 Å². The molecule has 1 N–H and O–H groups in total. The number of aryl methyl sites for hydroxylation is 1. The molecule has 0 bridgehead atoms. The van der Waals surface area contributed by atoms with E-state index in [1.165, 1.54) is 18.2 Å². The van der Waals surface area contributed by atoms with Gasteiger partial charge < -0.3 is 5.32 Å². The number of hydrogen-bond donors (Lipinski definition) is 1. The summed E-state index contributed by atoms with van der Waals surface area (Å²) < 4.78 is 41.1. The van der Waals surface area contributed by atoms with Crippen LogP contribution in [0.5, 0.6) is 0 Å². The molecule has 0 aliphatic rings. The van der Waals surface area contributed by atoms with Crippen molar-refractivity contribution < 1.29 is 18.0 Å². The first-order chi connectivity index (χ1) is 9.93. The number of hydrogen-bond acceptors (Lipinski definition) is 2. The van der Waals surface area contributed by atoms with E-state index in [1.807, 2.05) is 0 Å². The molecule has 0 aromatic heterocycles. The van der Waals surface area contributed by atoms with Crippen LogP contribution in [-0.2, 0) is 0 Å². The molecule has 5 heteroatoms. The number of nitrogens with one attached hydrogen (secondary N) is 1. The second-order valence-electron chi connectivity index (χ2n) is 4.67. The van der Waals surface area contributed by atoms with Crippen molar-refractivity contribution in [2.45, 2.75) is 20.3 Å². The summed E-state index contributed by atoms with van der Waals surface area (Å²) in [6.07, 6.45) is 0.135. The smallest absolute Gasteiger partial charge is 0.182 e. The predicted molar refractivity (Wildman–Crippen MR) is 75.4 cm³/mol. The highest BCUT2D eigenvalue weighted by molar-refractivity contribution is 6.01. The predicted octanol–water partition coefficient (Wildman–Crippen LogP) is 4.75. The summed E-state index contributed by atoms with van der Waals surface area (Å²) in [5, 5.41) is 2.48. The molecule has 21 heavy (non-hydrogen) atoms. The molecule has 2 aromatic carbocycles. The van der Waals surface area contributed by atoms with Gasteiger partial charge >= 0.3 is 0 Å². The zero-order valence-corrected chi connectivity index (χ0v) is 11.6. The lowest BCUT2D eigenvalue weighted by Gasteiger charge is -2.13. The van der Waals surface area contributed by atoms with Crippen LogP contribution in [-0.4, -0.2) is 5.78 Å². The van der Waals surface area contributed by atoms with E-state index < -0.39 is 17.5 Å². The van der Waals surface area contributed by atoms with Crippen molar-refractivity contribution in [3.05, 3.63) is 58.9 Å². The topological polar surface area (TPSA) is 29.1 Å². The number of halogens is 3. The Morgan fingerprint density at radius 1 is 1.10 bits per heavy atom. The molecule has 2 nitrogen and oxygen atoms in total. The van der Waals surface area contributed by atoms with Crippen LogP contribution in [0, 0.1) is 24.4 Å². The maximum absolute atomic E-state index is 13.9. The average molecular weight is 293 g/mol. The Hall–Kier alpha value is -2.30. The molecule has 0 atom stereocenters. The summed E-state index contributed by atoms with van der Waals surface area (Å²) in [5.74, 6) is -3.26. The van der Waals surface area contributed by atoms with Crippen LogP contribution in [0.1, 0.15) is 29.3 Å². The van der Waals surface area contributed by atoms with Gasteiger partial charge in [0.15, 0.2) is 17.4 Å². The monoisotopic (exact) mass is 293 g/mol. The molecule has 0 amide bonds. The van der Waals surface area contributed by atoms with E-state index in [2.05, 4.69) is 5.32 Å². The van der Waals surface area contributed by atoms with E-state index in [1.54, 1.807) is 19.9 Å². The summed E-state index contributed by atoms with van der Waals surface area (Å²) in [6, 6.07) is 6.38. The minimum atomic E-state index is -1.20. The summed E-state index contributed by atoms with van der Waals surface area (Å²) in [7, 11) is 0. The molecule has 0 spiro atoms. The van der Waals surface area contributed by atoms with E-state index in [-0.39, 0.29) is 29.1 Å². The molecule has 0 radical (unpaired) electrons. The fourth-order valence-electron chi connectivity index (χ4n) is 1.95. The summed E-state index contributed by atoms with van der Waals surface area (Å²) in [6.45, 7) is 3.32. The van der Waals surface area contributed by atoms with Gasteiger partial charge in [0.2, 0.25) is 0 Å². The molecule has 0 heterocycles. The normalized spacial score (nSPS) is 10.5. The number of ketones is 1. The molecule has 0 fully saturated rings. The van der Waals surface area contributed by atoms with Gasteiger partial charge in [-0.2, -0.15) is 0 Å². The molecule has 110 valence electrons. The number of anilines is 2. The first-order valence-electron chi connectivity index (χ1n) is 6.48. The fourth-order valence-corrected chi connectivity index (χ4v) is 1.95. The van der Waals surface area contributed by atoms with Gasteiger partial charge in [-0.1, -0.05) is 13.0 Å². The second-order valence-corrected chi connectivity index (χ2v) is 4.67. The average Bonchev–Trinajstić information content (AvgIpc) is 2.45. The maximum atomic E-state index is 13.9. The highest BCUT2D eigenvalue weighted by atomic mass is 19.2. The minimum Gasteiger partial charge on any atom is -0.350 e. The number of Topliss-reactive ketones (excluding diaryl/α,β-unsaturated/α-hetero) is 1. The van der Waals surface area contributed by atoms with Crippen molar-refractivity contribution >= 4 is 17.2 Å². The second kappa shape index (κ2) is 5.99. The van der Waals surface area contributed by atoms with Gasteiger partial charge in [0, 0.05) is 12.0 Å². The fraction of sp³-hybridized carbons (Fsp3) is 0.188. The lowest BCUT2D eigenvalue weighted by molar-refractivity contribution is 0.0988. The standard InChI is InChI=1S/C16H14F3NO/c1-3-14(21)10-5-6-11(17)15(19)16(10)20-13-7-4-9(2)8-12(13)18/h4-8,20H,3H2,1-2H3. The lowest BCUT2D eigenvalue weighted by atomic mass is 10.1. The number of rotatable bonds is 4. The van der Waals surface area contributed by atoms with Crippen LogP contribution in [0.2, 0.25) is 0 Å². The quantitative estimate of drug-likeness (QED) is 0.824. The van der Waals surface area contributed by atoms with Gasteiger partial charge in [0.05, 0.1) is 11.4 Å². The van der Waals surface area contributed by atoms with Crippen LogP contribution >= 0.6 is 0 Å². The Bertz CT molecular complexity index is 698. The van der Waals surface area contributed by atoms with Crippen molar-refractivity contribution in [3.8, 4) is 0 Å². The Kier molecular flexibility index (Phi) is 4.31. The minimum absolute atomic E-state index is 0.00336. The number of carbonyl (C=O) groups is 1. The third-order valence-corrected chi connectivity index (χ3v) is 3.10. The first-order valence-corrected chi connectivity index (χ1v) is 6.48. The summed E-state index contributed by atoms with van der Waals surface area (Å²) >= 11 is 0. The highest BCUT2D eigenvalue weighted by Gasteiger charge is 2.18. The van der Waals surface area contributed by atoms with E-state index in [9.17, 15) is 18.0 Å². The van der Waals surface area contributed by atoms with E-state index in [4.69, 9.17) is 0 Å².